The Balaban J connectivity index is 1.82. The highest BCUT2D eigenvalue weighted by Gasteiger charge is 2.34. The van der Waals surface area contributed by atoms with Crippen LogP contribution in [0.5, 0.6) is 0 Å². The smallest absolute Gasteiger partial charge is 0.254 e. The molecule has 0 aliphatic carbocycles. The zero-order valence-corrected chi connectivity index (χ0v) is 14.8. The third-order valence-electron chi connectivity index (χ3n) is 4.41. The molecule has 1 heterocycles. The highest BCUT2D eigenvalue weighted by Crippen LogP contribution is 2.28. The van der Waals surface area contributed by atoms with Gasteiger partial charge in [-0.2, -0.15) is 0 Å². The van der Waals surface area contributed by atoms with Crippen molar-refractivity contribution in [1.29, 1.82) is 0 Å². The standard InChI is InChI=1S/C19H18ClFN2O2/c1-12-7-8-14(9-16(12)21)19(25)22-11-18(24)23(10-13(22)2)17-6-4-3-5-15(17)20/h3-9,13H,10-11H2,1-2H3. The lowest BCUT2D eigenvalue weighted by Crippen LogP contribution is -2.57. The molecule has 4 nitrogen and oxygen atoms in total. The number of nitrogens with zero attached hydrogens (tertiary/aromatic N) is 2. The second-order valence-electron chi connectivity index (χ2n) is 6.20. The van der Waals surface area contributed by atoms with Crippen LogP contribution >= 0.6 is 11.6 Å². The summed E-state index contributed by atoms with van der Waals surface area (Å²) in [6.07, 6.45) is 0. The van der Waals surface area contributed by atoms with Crippen LogP contribution in [0.3, 0.4) is 0 Å². The molecule has 3 rings (SSSR count). The Kier molecular flexibility index (Phi) is 4.77. The number of carbonyl (C=O) groups is 2. The summed E-state index contributed by atoms with van der Waals surface area (Å²) in [4.78, 5) is 28.3. The summed E-state index contributed by atoms with van der Waals surface area (Å²) in [5.74, 6) is -0.995. The minimum Gasteiger partial charge on any atom is -0.325 e. The zero-order valence-electron chi connectivity index (χ0n) is 14.0. The molecular weight excluding hydrogens is 343 g/mol. The first kappa shape index (κ1) is 17.4. The van der Waals surface area contributed by atoms with Crippen molar-refractivity contribution in [2.75, 3.05) is 18.0 Å². The average molecular weight is 361 g/mol. The molecular formula is C19H18ClFN2O2. The number of amides is 2. The molecule has 0 saturated carbocycles. The monoisotopic (exact) mass is 360 g/mol. The van der Waals surface area contributed by atoms with E-state index in [0.29, 0.717) is 22.8 Å². The van der Waals surface area contributed by atoms with Gasteiger partial charge in [0.05, 0.1) is 10.7 Å². The van der Waals surface area contributed by atoms with Gasteiger partial charge in [0.15, 0.2) is 0 Å². The molecule has 1 aliphatic rings. The summed E-state index contributed by atoms with van der Waals surface area (Å²) in [5, 5.41) is 0.489. The second-order valence-corrected chi connectivity index (χ2v) is 6.61. The molecule has 1 fully saturated rings. The highest BCUT2D eigenvalue weighted by atomic mass is 35.5. The highest BCUT2D eigenvalue weighted by molar-refractivity contribution is 6.33. The van der Waals surface area contributed by atoms with E-state index in [1.165, 1.54) is 11.0 Å². The molecule has 1 atom stereocenters. The number of hydrogen-bond acceptors (Lipinski definition) is 2. The van der Waals surface area contributed by atoms with Crippen molar-refractivity contribution in [3.63, 3.8) is 0 Å². The Morgan fingerprint density at radius 2 is 1.96 bits per heavy atom. The van der Waals surface area contributed by atoms with Gasteiger partial charge >= 0.3 is 0 Å². The van der Waals surface area contributed by atoms with Crippen molar-refractivity contribution in [2.24, 2.45) is 0 Å². The molecule has 1 saturated heterocycles. The Hall–Kier alpha value is -2.40. The molecule has 130 valence electrons. The fraction of sp³-hybridized carbons (Fsp3) is 0.263. The molecule has 0 aromatic heterocycles. The molecule has 2 aromatic carbocycles. The van der Waals surface area contributed by atoms with Gasteiger partial charge in [-0.25, -0.2) is 4.39 Å². The maximum atomic E-state index is 13.7. The fourth-order valence-corrected chi connectivity index (χ4v) is 3.16. The first-order valence-corrected chi connectivity index (χ1v) is 8.38. The number of benzene rings is 2. The lowest BCUT2D eigenvalue weighted by Gasteiger charge is -2.39. The van der Waals surface area contributed by atoms with Crippen LogP contribution in [0.1, 0.15) is 22.8 Å². The van der Waals surface area contributed by atoms with Crippen LogP contribution < -0.4 is 4.90 Å². The molecule has 0 bridgehead atoms. The number of rotatable bonds is 2. The third kappa shape index (κ3) is 3.37. The SMILES string of the molecule is Cc1ccc(C(=O)N2CC(=O)N(c3ccccc3Cl)CC2C)cc1F. The average Bonchev–Trinajstić information content (AvgIpc) is 2.59. The predicted octanol–water partition coefficient (Wildman–Crippen LogP) is 3.67. The molecule has 1 unspecified atom stereocenters. The van der Waals surface area contributed by atoms with E-state index in [4.69, 9.17) is 11.6 Å². The van der Waals surface area contributed by atoms with Crippen LogP contribution in [-0.2, 0) is 4.79 Å². The lowest BCUT2D eigenvalue weighted by atomic mass is 10.1. The van der Waals surface area contributed by atoms with Gasteiger partial charge in [0.1, 0.15) is 12.4 Å². The van der Waals surface area contributed by atoms with Crippen LogP contribution in [0.4, 0.5) is 10.1 Å². The van der Waals surface area contributed by atoms with Gasteiger partial charge in [0.25, 0.3) is 5.91 Å². The van der Waals surface area contributed by atoms with Crippen LogP contribution in [0.2, 0.25) is 5.02 Å². The van der Waals surface area contributed by atoms with E-state index >= 15 is 0 Å². The van der Waals surface area contributed by atoms with E-state index in [-0.39, 0.29) is 30.0 Å². The van der Waals surface area contributed by atoms with Gasteiger partial charge < -0.3 is 9.80 Å². The van der Waals surface area contributed by atoms with Crippen molar-refractivity contribution < 1.29 is 14.0 Å². The quantitative estimate of drug-likeness (QED) is 0.820. The van der Waals surface area contributed by atoms with Gasteiger partial charge in [0.2, 0.25) is 5.91 Å². The van der Waals surface area contributed by atoms with Crippen LogP contribution in [0.25, 0.3) is 0 Å². The van der Waals surface area contributed by atoms with Gasteiger partial charge in [-0.3, -0.25) is 9.59 Å². The molecule has 0 N–H and O–H groups in total. The number of hydrogen-bond donors (Lipinski definition) is 0. The summed E-state index contributed by atoms with van der Waals surface area (Å²) in [7, 11) is 0. The number of anilines is 1. The van der Waals surface area contributed by atoms with Crippen molar-refractivity contribution >= 4 is 29.1 Å². The van der Waals surface area contributed by atoms with E-state index in [2.05, 4.69) is 0 Å². The largest absolute Gasteiger partial charge is 0.325 e. The molecule has 2 amide bonds. The van der Waals surface area contributed by atoms with Crippen LogP contribution in [0, 0.1) is 12.7 Å². The van der Waals surface area contributed by atoms with Crippen molar-refractivity contribution in [1.82, 2.24) is 4.90 Å². The fourth-order valence-electron chi connectivity index (χ4n) is 2.92. The van der Waals surface area contributed by atoms with Gasteiger partial charge in [-0.15, -0.1) is 0 Å². The van der Waals surface area contributed by atoms with E-state index in [1.54, 1.807) is 42.2 Å². The lowest BCUT2D eigenvalue weighted by molar-refractivity contribution is -0.121. The molecule has 0 spiro atoms. The summed E-state index contributed by atoms with van der Waals surface area (Å²) in [5.41, 5.74) is 1.35. The number of carbonyl (C=O) groups excluding carboxylic acids is 2. The topological polar surface area (TPSA) is 40.6 Å². The molecule has 0 radical (unpaired) electrons. The van der Waals surface area contributed by atoms with Gasteiger partial charge in [-0.1, -0.05) is 29.8 Å². The second kappa shape index (κ2) is 6.84. The number of para-hydroxylation sites is 1. The van der Waals surface area contributed by atoms with Crippen LogP contribution in [0.15, 0.2) is 42.5 Å². The molecule has 6 heteroatoms. The summed E-state index contributed by atoms with van der Waals surface area (Å²) >= 11 is 6.18. The predicted molar refractivity (Wildman–Crippen MR) is 95.4 cm³/mol. The number of piperazine rings is 1. The summed E-state index contributed by atoms with van der Waals surface area (Å²) in [6, 6.07) is 11.3. The van der Waals surface area contributed by atoms with Gasteiger partial charge in [0, 0.05) is 18.2 Å². The third-order valence-corrected chi connectivity index (χ3v) is 4.73. The molecule has 25 heavy (non-hydrogen) atoms. The Morgan fingerprint density at radius 1 is 1.24 bits per heavy atom. The Bertz CT molecular complexity index is 840. The van der Waals surface area contributed by atoms with E-state index < -0.39 is 5.82 Å². The molecule has 2 aromatic rings. The summed E-state index contributed by atoms with van der Waals surface area (Å²) < 4.78 is 13.7. The normalized spacial score (nSPS) is 17.8. The van der Waals surface area contributed by atoms with Gasteiger partial charge in [-0.05, 0) is 43.7 Å². The van der Waals surface area contributed by atoms with E-state index in [9.17, 15) is 14.0 Å². The van der Waals surface area contributed by atoms with Crippen molar-refractivity contribution in [2.45, 2.75) is 19.9 Å². The maximum Gasteiger partial charge on any atom is 0.254 e. The first-order chi connectivity index (χ1) is 11.9. The number of halogens is 2. The maximum absolute atomic E-state index is 13.7. The van der Waals surface area contributed by atoms with Crippen molar-refractivity contribution in [3.8, 4) is 0 Å². The van der Waals surface area contributed by atoms with E-state index in [1.807, 2.05) is 13.0 Å². The Morgan fingerprint density at radius 3 is 2.64 bits per heavy atom. The minimum absolute atomic E-state index is 0.0687. The summed E-state index contributed by atoms with van der Waals surface area (Å²) in [6.45, 7) is 3.76. The number of aryl methyl sites for hydroxylation is 1. The Labute approximate surface area is 150 Å². The zero-order chi connectivity index (χ0) is 18.1. The minimum atomic E-state index is -0.431. The van der Waals surface area contributed by atoms with E-state index in [0.717, 1.165) is 0 Å². The van der Waals surface area contributed by atoms with Crippen LogP contribution in [-0.4, -0.2) is 35.8 Å². The first-order valence-electron chi connectivity index (χ1n) is 8.00. The van der Waals surface area contributed by atoms with Crippen molar-refractivity contribution in [3.05, 3.63) is 64.4 Å². The molecule has 1 aliphatic heterocycles.